The average molecular weight is 571 g/mol. The molecule has 0 fully saturated rings. The Hall–Kier alpha value is -3.10. The Kier molecular flexibility index (Phi) is 7.79. The van der Waals surface area contributed by atoms with Gasteiger partial charge in [-0.05, 0) is 41.0 Å². The van der Waals surface area contributed by atoms with Crippen LogP contribution in [0.25, 0.3) is 10.2 Å². The van der Waals surface area contributed by atoms with Crippen LogP contribution in [0.1, 0.15) is 27.8 Å². The van der Waals surface area contributed by atoms with Crippen LogP contribution in [0, 0.1) is 0 Å². The number of fused-ring (bicyclic) bond motifs is 1. The zero-order chi connectivity index (χ0) is 25.7. The maximum atomic E-state index is 6.21. The summed E-state index contributed by atoms with van der Waals surface area (Å²) in [5.74, 6) is 1.63. The predicted octanol–water partition coefficient (Wildman–Crippen LogP) is 8.76. The first kappa shape index (κ1) is 25.2. The van der Waals surface area contributed by atoms with Crippen molar-refractivity contribution in [2.75, 3.05) is 0 Å². The molecule has 8 heteroatoms. The van der Waals surface area contributed by atoms with Crippen molar-refractivity contribution in [2.24, 2.45) is 0 Å². The molecule has 38 heavy (non-hydrogen) atoms. The number of benzene rings is 4. The zero-order valence-corrected chi connectivity index (χ0v) is 23.5. The van der Waals surface area contributed by atoms with Gasteiger partial charge in [0.1, 0.15) is 5.82 Å². The predicted molar refractivity (Wildman–Crippen MR) is 160 cm³/mol. The van der Waals surface area contributed by atoms with Gasteiger partial charge in [0.15, 0.2) is 9.50 Å². The van der Waals surface area contributed by atoms with Gasteiger partial charge in [0.05, 0.1) is 27.8 Å². The molecule has 0 amide bonds. The van der Waals surface area contributed by atoms with Crippen molar-refractivity contribution in [3.8, 4) is 0 Å². The van der Waals surface area contributed by atoms with Crippen molar-refractivity contribution in [1.29, 1.82) is 0 Å². The van der Waals surface area contributed by atoms with Gasteiger partial charge < -0.3 is 4.57 Å². The molecule has 0 saturated carbocycles. The molecule has 2 aromatic heterocycles. The summed E-state index contributed by atoms with van der Waals surface area (Å²) in [6, 6.07) is 37.3. The summed E-state index contributed by atoms with van der Waals surface area (Å²) in [5, 5.41) is 11.0. The van der Waals surface area contributed by atoms with Crippen LogP contribution in [0.5, 0.6) is 0 Å². The number of nitrogens with zero attached hydrogens (tertiary/aromatic N) is 4. The monoisotopic (exact) mass is 570 g/mol. The molecule has 4 nitrogen and oxygen atoms in total. The lowest BCUT2D eigenvalue weighted by Gasteiger charge is -2.18. The molecule has 0 radical (unpaired) electrons. The van der Waals surface area contributed by atoms with Crippen molar-refractivity contribution in [2.45, 2.75) is 27.0 Å². The van der Waals surface area contributed by atoms with Crippen molar-refractivity contribution >= 4 is 56.7 Å². The summed E-state index contributed by atoms with van der Waals surface area (Å²) in [6.07, 6.45) is 0. The fourth-order valence-corrected chi connectivity index (χ4v) is 7.49. The largest absolute Gasteiger partial charge is 0.301 e. The van der Waals surface area contributed by atoms with Gasteiger partial charge in [-0.15, -0.1) is 21.5 Å². The van der Waals surface area contributed by atoms with Gasteiger partial charge in [-0.1, -0.05) is 120 Å². The Balaban J connectivity index is 1.33. The average Bonchev–Trinajstić information content (AvgIpc) is 3.55. The standard InChI is InChI=1S/C30H23ClN4S3/c31-24-17-15-23(16-18-24)28(22-11-5-2-6-12-22)38-29-34-33-27(35(29)19-21-9-3-1-4-10-21)20-36-30-32-25-13-7-8-14-26(25)37-30/h1-18,28H,19-20H2/t28-/m1/s1. The summed E-state index contributed by atoms with van der Waals surface area (Å²) in [4.78, 5) is 4.79. The van der Waals surface area contributed by atoms with E-state index in [2.05, 4.69) is 88.5 Å². The van der Waals surface area contributed by atoms with E-state index in [9.17, 15) is 0 Å². The molecule has 1 atom stereocenters. The van der Waals surface area contributed by atoms with E-state index in [0.717, 1.165) is 25.9 Å². The minimum absolute atomic E-state index is 0.0527. The molecule has 0 aliphatic heterocycles. The summed E-state index contributed by atoms with van der Waals surface area (Å²) in [5.41, 5.74) is 4.63. The molecular formula is C30H23ClN4S3. The molecule has 0 aliphatic rings. The lowest BCUT2D eigenvalue weighted by Crippen LogP contribution is -2.07. The Morgan fingerprint density at radius 3 is 2.21 bits per heavy atom. The first-order valence-electron chi connectivity index (χ1n) is 12.1. The van der Waals surface area contributed by atoms with Crippen LogP contribution in [-0.2, 0) is 12.3 Å². The Bertz CT molecular complexity index is 1600. The normalized spacial score (nSPS) is 12.1. The molecule has 188 valence electrons. The summed E-state index contributed by atoms with van der Waals surface area (Å²) in [6.45, 7) is 0.702. The van der Waals surface area contributed by atoms with Crippen LogP contribution in [0.3, 0.4) is 0 Å². The van der Waals surface area contributed by atoms with E-state index < -0.39 is 0 Å². The lowest BCUT2D eigenvalue weighted by atomic mass is 10.0. The van der Waals surface area contributed by atoms with Crippen LogP contribution in [-0.4, -0.2) is 19.7 Å². The van der Waals surface area contributed by atoms with Crippen LogP contribution < -0.4 is 0 Å². The van der Waals surface area contributed by atoms with E-state index in [1.165, 1.54) is 21.4 Å². The van der Waals surface area contributed by atoms with Gasteiger partial charge >= 0.3 is 0 Å². The highest BCUT2D eigenvalue weighted by atomic mass is 35.5. The molecule has 0 unspecified atom stereocenters. The minimum Gasteiger partial charge on any atom is -0.301 e. The molecule has 0 spiro atoms. The third-order valence-corrected chi connectivity index (χ3v) is 9.79. The Labute approximate surface area is 239 Å². The summed E-state index contributed by atoms with van der Waals surface area (Å²) >= 11 is 11.4. The first-order chi connectivity index (χ1) is 18.7. The molecular weight excluding hydrogens is 548 g/mol. The van der Waals surface area contributed by atoms with E-state index in [0.29, 0.717) is 12.3 Å². The second-order valence-electron chi connectivity index (χ2n) is 8.67. The number of hydrogen-bond acceptors (Lipinski definition) is 6. The number of aromatic nitrogens is 4. The van der Waals surface area contributed by atoms with E-state index in [-0.39, 0.29) is 5.25 Å². The number of hydrogen-bond donors (Lipinski definition) is 0. The maximum Gasteiger partial charge on any atom is 0.192 e. The molecule has 2 heterocycles. The summed E-state index contributed by atoms with van der Waals surface area (Å²) in [7, 11) is 0. The van der Waals surface area contributed by atoms with Crippen LogP contribution >= 0.6 is 46.5 Å². The number of thioether (sulfide) groups is 2. The third-order valence-electron chi connectivity index (χ3n) is 6.07. The van der Waals surface area contributed by atoms with Crippen LogP contribution in [0.4, 0.5) is 0 Å². The van der Waals surface area contributed by atoms with Gasteiger partial charge in [-0.3, -0.25) is 0 Å². The number of rotatable bonds is 9. The van der Waals surface area contributed by atoms with Gasteiger partial charge in [-0.25, -0.2) is 4.98 Å². The van der Waals surface area contributed by atoms with Gasteiger partial charge in [0.25, 0.3) is 0 Å². The summed E-state index contributed by atoms with van der Waals surface area (Å²) < 4.78 is 4.48. The highest BCUT2D eigenvalue weighted by molar-refractivity contribution is 8.00. The SMILES string of the molecule is Clc1ccc([C@H](Sc2nnc(CSc3nc4ccccc4s3)n2Cc2ccccc2)c2ccccc2)cc1. The zero-order valence-electron chi connectivity index (χ0n) is 20.3. The van der Waals surface area contributed by atoms with Gasteiger partial charge in [-0.2, -0.15) is 0 Å². The van der Waals surface area contributed by atoms with Crippen molar-refractivity contribution in [3.05, 3.63) is 137 Å². The van der Waals surface area contributed by atoms with E-state index in [1.807, 2.05) is 30.3 Å². The van der Waals surface area contributed by atoms with E-state index in [4.69, 9.17) is 21.7 Å². The van der Waals surface area contributed by atoms with E-state index in [1.54, 1.807) is 34.9 Å². The number of thiazole rings is 1. The second kappa shape index (κ2) is 11.7. The molecule has 6 aromatic rings. The third kappa shape index (κ3) is 5.81. The fraction of sp³-hybridized carbons (Fsp3) is 0.100. The van der Waals surface area contributed by atoms with Gasteiger partial charge in [0, 0.05) is 5.02 Å². The Morgan fingerprint density at radius 2 is 1.45 bits per heavy atom. The first-order valence-corrected chi connectivity index (χ1v) is 15.2. The fourth-order valence-electron chi connectivity index (χ4n) is 4.18. The second-order valence-corrected chi connectivity index (χ2v) is 12.4. The highest BCUT2D eigenvalue weighted by Crippen LogP contribution is 2.41. The van der Waals surface area contributed by atoms with E-state index >= 15 is 0 Å². The molecule has 6 rings (SSSR count). The topological polar surface area (TPSA) is 43.6 Å². The van der Waals surface area contributed by atoms with Gasteiger partial charge in [0.2, 0.25) is 0 Å². The van der Waals surface area contributed by atoms with Crippen molar-refractivity contribution in [1.82, 2.24) is 19.7 Å². The maximum absolute atomic E-state index is 6.21. The molecule has 0 saturated heterocycles. The highest BCUT2D eigenvalue weighted by Gasteiger charge is 2.22. The minimum atomic E-state index is 0.0527. The molecule has 0 N–H and O–H groups in total. The Morgan fingerprint density at radius 1 is 0.763 bits per heavy atom. The molecule has 0 bridgehead atoms. The molecule has 4 aromatic carbocycles. The van der Waals surface area contributed by atoms with Crippen molar-refractivity contribution in [3.63, 3.8) is 0 Å². The smallest absolute Gasteiger partial charge is 0.192 e. The van der Waals surface area contributed by atoms with Crippen molar-refractivity contribution < 1.29 is 0 Å². The lowest BCUT2D eigenvalue weighted by molar-refractivity contribution is 0.684. The van der Waals surface area contributed by atoms with Crippen LogP contribution in [0.15, 0.2) is 119 Å². The van der Waals surface area contributed by atoms with Crippen LogP contribution in [0.2, 0.25) is 5.02 Å². The molecule has 0 aliphatic carbocycles. The number of halogens is 1. The quantitative estimate of drug-likeness (QED) is 0.163. The number of para-hydroxylation sites is 1.